The average Bonchev–Trinajstić information content (AvgIpc) is 2.36. The summed E-state index contributed by atoms with van der Waals surface area (Å²) in [5.74, 6) is -0.303. The number of nitrogens with zero attached hydrogens (tertiary/aromatic N) is 1. The molecule has 0 saturated heterocycles. The average molecular weight is 272 g/mol. The molecule has 0 aliphatic heterocycles. The Morgan fingerprint density at radius 3 is 2.16 bits per heavy atom. The third-order valence-corrected chi connectivity index (χ3v) is 3.77. The van der Waals surface area contributed by atoms with E-state index in [9.17, 15) is 14.7 Å². The predicted octanol–water partition coefficient (Wildman–Crippen LogP) is 2.56. The van der Waals surface area contributed by atoms with Gasteiger partial charge in [0.2, 0.25) is 0 Å². The van der Waals surface area contributed by atoms with Crippen LogP contribution in [0.5, 0.6) is 0 Å². The predicted molar refractivity (Wildman–Crippen MR) is 76.1 cm³/mol. The summed E-state index contributed by atoms with van der Waals surface area (Å²) >= 11 is 0. The van der Waals surface area contributed by atoms with Crippen molar-refractivity contribution in [3.63, 3.8) is 0 Å². The quantitative estimate of drug-likeness (QED) is 0.713. The van der Waals surface area contributed by atoms with Gasteiger partial charge in [-0.05, 0) is 25.2 Å². The van der Waals surface area contributed by atoms with Crippen molar-refractivity contribution in [2.75, 3.05) is 20.1 Å². The molecule has 2 amide bonds. The Kier molecular flexibility index (Phi) is 7.49. The number of hydrogen-bond donors (Lipinski definition) is 2. The van der Waals surface area contributed by atoms with Gasteiger partial charge >= 0.3 is 12.0 Å². The highest BCUT2D eigenvalue weighted by Gasteiger charge is 2.35. The van der Waals surface area contributed by atoms with E-state index in [4.69, 9.17) is 0 Å². The Hall–Kier alpha value is -1.26. The molecule has 0 rings (SSSR count). The van der Waals surface area contributed by atoms with Crippen molar-refractivity contribution in [3.05, 3.63) is 0 Å². The van der Waals surface area contributed by atoms with Gasteiger partial charge in [0.25, 0.3) is 0 Å². The molecule has 0 atom stereocenters. The minimum atomic E-state index is -0.853. The molecule has 0 aliphatic carbocycles. The van der Waals surface area contributed by atoms with E-state index >= 15 is 0 Å². The van der Waals surface area contributed by atoms with Gasteiger partial charge in [0.1, 0.15) is 0 Å². The van der Waals surface area contributed by atoms with Crippen LogP contribution in [0.15, 0.2) is 0 Å². The van der Waals surface area contributed by atoms with E-state index in [1.807, 2.05) is 13.8 Å². The number of nitrogens with one attached hydrogen (secondary N) is 1. The SMILES string of the molecule is CCC(CC)(CNC(=O)N(C)CCC(C)C)C(=O)O. The Morgan fingerprint density at radius 2 is 1.79 bits per heavy atom. The fourth-order valence-electron chi connectivity index (χ4n) is 1.81. The van der Waals surface area contributed by atoms with Crippen LogP contribution in [0.4, 0.5) is 4.79 Å². The van der Waals surface area contributed by atoms with Crippen LogP contribution in [0.3, 0.4) is 0 Å². The first-order valence-corrected chi connectivity index (χ1v) is 7.01. The molecular formula is C14H28N2O3. The maximum atomic E-state index is 11.9. The van der Waals surface area contributed by atoms with Crippen molar-refractivity contribution in [1.29, 1.82) is 0 Å². The lowest BCUT2D eigenvalue weighted by Gasteiger charge is -2.28. The summed E-state index contributed by atoms with van der Waals surface area (Å²) in [6.07, 6.45) is 1.96. The van der Waals surface area contributed by atoms with Crippen LogP contribution in [0, 0.1) is 11.3 Å². The zero-order valence-corrected chi connectivity index (χ0v) is 12.8. The van der Waals surface area contributed by atoms with Crippen molar-refractivity contribution in [1.82, 2.24) is 10.2 Å². The van der Waals surface area contributed by atoms with Gasteiger partial charge in [-0.15, -0.1) is 0 Å². The Labute approximate surface area is 116 Å². The summed E-state index contributed by atoms with van der Waals surface area (Å²) in [5, 5.41) is 12.0. The maximum absolute atomic E-state index is 11.9. The van der Waals surface area contributed by atoms with Crippen LogP contribution in [0.25, 0.3) is 0 Å². The number of carbonyl (C=O) groups is 2. The third-order valence-electron chi connectivity index (χ3n) is 3.77. The van der Waals surface area contributed by atoms with Crippen molar-refractivity contribution >= 4 is 12.0 Å². The molecule has 0 bridgehead atoms. The molecule has 0 heterocycles. The third kappa shape index (κ3) is 5.49. The van der Waals surface area contributed by atoms with Crippen molar-refractivity contribution in [2.45, 2.75) is 47.0 Å². The van der Waals surface area contributed by atoms with Crippen LogP contribution in [-0.2, 0) is 4.79 Å². The van der Waals surface area contributed by atoms with E-state index < -0.39 is 11.4 Å². The standard InChI is InChI=1S/C14H28N2O3/c1-6-14(7-2,12(17)18)10-15-13(19)16(5)9-8-11(3)4/h11H,6-10H2,1-5H3,(H,15,19)(H,17,18). The number of carbonyl (C=O) groups excluding carboxylic acids is 1. The van der Waals surface area contributed by atoms with Crippen LogP contribution >= 0.6 is 0 Å². The number of urea groups is 1. The highest BCUT2D eigenvalue weighted by atomic mass is 16.4. The summed E-state index contributed by atoms with van der Waals surface area (Å²) in [4.78, 5) is 24.8. The molecule has 112 valence electrons. The second-order valence-corrected chi connectivity index (χ2v) is 5.56. The van der Waals surface area contributed by atoms with Gasteiger partial charge in [0.05, 0.1) is 5.41 Å². The van der Waals surface area contributed by atoms with Crippen molar-refractivity contribution in [2.24, 2.45) is 11.3 Å². The van der Waals surface area contributed by atoms with Crippen LogP contribution in [0.2, 0.25) is 0 Å². The molecule has 0 radical (unpaired) electrons. The first kappa shape index (κ1) is 17.7. The highest BCUT2D eigenvalue weighted by molar-refractivity contribution is 5.78. The topological polar surface area (TPSA) is 69.6 Å². The molecule has 5 heteroatoms. The normalized spacial score (nSPS) is 11.5. The number of hydrogen-bond acceptors (Lipinski definition) is 2. The molecule has 0 aromatic heterocycles. The maximum Gasteiger partial charge on any atom is 0.317 e. The Morgan fingerprint density at radius 1 is 1.26 bits per heavy atom. The lowest BCUT2D eigenvalue weighted by atomic mass is 9.82. The van der Waals surface area contributed by atoms with Crippen LogP contribution in [0.1, 0.15) is 47.0 Å². The fourth-order valence-corrected chi connectivity index (χ4v) is 1.81. The number of carboxylic acid groups (broad SMARTS) is 1. The van der Waals surface area contributed by atoms with E-state index in [1.54, 1.807) is 11.9 Å². The molecule has 0 spiro atoms. The van der Waals surface area contributed by atoms with Gasteiger partial charge < -0.3 is 15.3 Å². The molecule has 2 N–H and O–H groups in total. The highest BCUT2D eigenvalue weighted by Crippen LogP contribution is 2.25. The molecular weight excluding hydrogens is 244 g/mol. The van der Waals surface area contributed by atoms with Gasteiger partial charge in [-0.2, -0.15) is 0 Å². The number of carboxylic acids is 1. The lowest BCUT2D eigenvalue weighted by molar-refractivity contribution is -0.149. The van der Waals surface area contributed by atoms with Gasteiger partial charge in [-0.1, -0.05) is 27.7 Å². The summed E-state index contributed by atoms with van der Waals surface area (Å²) in [7, 11) is 1.73. The van der Waals surface area contributed by atoms with E-state index in [0.29, 0.717) is 25.3 Å². The number of amides is 2. The fraction of sp³-hybridized carbons (Fsp3) is 0.857. The van der Waals surface area contributed by atoms with Crippen LogP contribution < -0.4 is 5.32 Å². The van der Waals surface area contributed by atoms with Crippen molar-refractivity contribution in [3.8, 4) is 0 Å². The van der Waals surface area contributed by atoms with Gasteiger partial charge in [0, 0.05) is 20.1 Å². The van der Waals surface area contributed by atoms with Gasteiger partial charge in [0.15, 0.2) is 0 Å². The Balaban J connectivity index is 4.37. The van der Waals surface area contributed by atoms with Crippen molar-refractivity contribution < 1.29 is 14.7 Å². The summed E-state index contributed by atoms with van der Waals surface area (Å²) < 4.78 is 0. The molecule has 0 unspecified atom stereocenters. The molecule has 0 aromatic rings. The second-order valence-electron chi connectivity index (χ2n) is 5.56. The monoisotopic (exact) mass is 272 g/mol. The van der Waals surface area contributed by atoms with E-state index in [1.165, 1.54) is 0 Å². The van der Waals surface area contributed by atoms with Gasteiger partial charge in [-0.3, -0.25) is 4.79 Å². The Bertz CT molecular complexity index is 299. The zero-order valence-electron chi connectivity index (χ0n) is 12.8. The number of rotatable bonds is 8. The smallest absolute Gasteiger partial charge is 0.317 e. The van der Waals surface area contributed by atoms with Gasteiger partial charge in [-0.25, -0.2) is 4.79 Å². The van der Waals surface area contributed by atoms with E-state index in [2.05, 4.69) is 19.2 Å². The first-order valence-electron chi connectivity index (χ1n) is 7.01. The second kappa shape index (κ2) is 8.02. The molecule has 0 fully saturated rings. The molecule has 5 nitrogen and oxygen atoms in total. The molecule has 0 aliphatic rings. The first-order chi connectivity index (χ1) is 8.79. The minimum absolute atomic E-state index is 0.181. The summed E-state index contributed by atoms with van der Waals surface area (Å²) in [6.45, 7) is 8.76. The molecule has 0 saturated carbocycles. The zero-order chi connectivity index (χ0) is 15.1. The minimum Gasteiger partial charge on any atom is -0.481 e. The van der Waals surface area contributed by atoms with Crippen LogP contribution in [-0.4, -0.2) is 42.1 Å². The summed E-state index contributed by atoms with van der Waals surface area (Å²) in [6, 6.07) is -0.201. The van der Waals surface area contributed by atoms with E-state index in [-0.39, 0.29) is 12.6 Å². The number of aliphatic carboxylic acids is 1. The molecule has 19 heavy (non-hydrogen) atoms. The van der Waals surface area contributed by atoms with E-state index in [0.717, 1.165) is 6.42 Å². The summed E-state index contributed by atoms with van der Waals surface area (Å²) in [5.41, 5.74) is -0.853. The molecule has 0 aromatic carbocycles. The largest absolute Gasteiger partial charge is 0.481 e. The lowest BCUT2D eigenvalue weighted by Crippen LogP contribution is -2.46.